The molecule has 2 heteroatoms. The Morgan fingerprint density at radius 1 is 1.11 bits per heavy atom. The second-order valence-corrected chi connectivity index (χ2v) is 6.06. The maximum absolute atomic E-state index is 8.97. The number of hydrogen-bond acceptors (Lipinski definition) is 2. The van der Waals surface area contributed by atoms with Crippen molar-refractivity contribution in [3.05, 3.63) is 28.8 Å². The van der Waals surface area contributed by atoms with E-state index in [2.05, 4.69) is 19.9 Å². The third-order valence-electron chi connectivity index (χ3n) is 4.42. The predicted molar refractivity (Wildman–Crippen MR) is 77.2 cm³/mol. The molecule has 1 aliphatic carbocycles. The lowest BCUT2D eigenvalue weighted by molar-refractivity contribution is 0.0993. The Morgan fingerprint density at radius 3 is 2.26 bits per heavy atom. The lowest BCUT2D eigenvalue weighted by Gasteiger charge is -2.33. The summed E-state index contributed by atoms with van der Waals surface area (Å²) in [5, 5.41) is 8.97. The molecule has 1 fully saturated rings. The molecule has 0 heterocycles. The highest BCUT2D eigenvalue weighted by atomic mass is 16.5. The summed E-state index contributed by atoms with van der Waals surface area (Å²) in [5.74, 6) is 2.52. The van der Waals surface area contributed by atoms with Crippen molar-refractivity contribution in [1.82, 2.24) is 0 Å². The van der Waals surface area contributed by atoms with E-state index in [9.17, 15) is 0 Å². The van der Waals surface area contributed by atoms with Gasteiger partial charge in [-0.2, -0.15) is 5.26 Å². The molecule has 2 nitrogen and oxygen atoms in total. The van der Waals surface area contributed by atoms with E-state index < -0.39 is 0 Å². The molecule has 0 spiro atoms. The number of benzene rings is 1. The van der Waals surface area contributed by atoms with Crippen molar-refractivity contribution < 1.29 is 4.74 Å². The number of aryl methyl sites for hydroxylation is 2. The van der Waals surface area contributed by atoms with Gasteiger partial charge < -0.3 is 4.74 Å². The first-order valence-corrected chi connectivity index (χ1v) is 7.19. The van der Waals surface area contributed by atoms with E-state index in [0.717, 1.165) is 41.6 Å². The van der Waals surface area contributed by atoms with Crippen LogP contribution in [0.25, 0.3) is 0 Å². The van der Waals surface area contributed by atoms with Crippen LogP contribution in [0.2, 0.25) is 0 Å². The van der Waals surface area contributed by atoms with Crippen LogP contribution in [0.15, 0.2) is 12.1 Å². The summed E-state index contributed by atoms with van der Waals surface area (Å²) in [5.41, 5.74) is 2.86. The molecule has 0 N–H and O–H groups in total. The summed E-state index contributed by atoms with van der Waals surface area (Å²) in [4.78, 5) is 0. The number of nitriles is 1. The molecule has 0 amide bonds. The second-order valence-electron chi connectivity index (χ2n) is 6.06. The van der Waals surface area contributed by atoms with E-state index in [1.165, 1.54) is 6.42 Å². The van der Waals surface area contributed by atoms with Crippen LogP contribution in [-0.4, -0.2) is 6.10 Å². The normalized spacial score (nSPS) is 26.8. The fourth-order valence-corrected chi connectivity index (χ4v) is 2.97. The van der Waals surface area contributed by atoms with E-state index in [1.54, 1.807) is 0 Å². The van der Waals surface area contributed by atoms with Crippen LogP contribution in [0.1, 0.15) is 49.8 Å². The molecule has 0 aromatic heterocycles. The summed E-state index contributed by atoms with van der Waals surface area (Å²) >= 11 is 0. The minimum atomic E-state index is 0.330. The highest BCUT2D eigenvalue weighted by molar-refractivity contribution is 5.47. The smallest absolute Gasteiger partial charge is 0.125 e. The van der Waals surface area contributed by atoms with Crippen molar-refractivity contribution in [2.75, 3.05) is 0 Å². The molecule has 1 aliphatic rings. The topological polar surface area (TPSA) is 33.0 Å². The third-order valence-corrected chi connectivity index (χ3v) is 4.42. The Morgan fingerprint density at radius 2 is 1.74 bits per heavy atom. The highest BCUT2D eigenvalue weighted by Crippen LogP contribution is 2.34. The second kappa shape index (κ2) is 5.65. The molecular weight excluding hydrogens is 234 g/mol. The zero-order chi connectivity index (χ0) is 14.0. The van der Waals surface area contributed by atoms with Gasteiger partial charge in [-0.1, -0.05) is 13.8 Å². The summed E-state index contributed by atoms with van der Waals surface area (Å²) in [6.07, 6.45) is 3.86. The third kappa shape index (κ3) is 3.10. The molecule has 1 aromatic carbocycles. The van der Waals surface area contributed by atoms with Gasteiger partial charge in [0.25, 0.3) is 0 Å². The maximum Gasteiger partial charge on any atom is 0.125 e. The first-order valence-electron chi connectivity index (χ1n) is 7.19. The van der Waals surface area contributed by atoms with Gasteiger partial charge in [0.05, 0.1) is 17.7 Å². The quantitative estimate of drug-likeness (QED) is 0.787. The minimum Gasteiger partial charge on any atom is -0.490 e. The Bertz CT molecular complexity index is 477. The van der Waals surface area contributed by atoms with E-state index in [0.29, 0.717) is 11.7 Å². The number of nitrogens with zero attached hydrogens (tertiary/aromatic N) is 1. The average molecular weight is 257 g/mol. The lowest BCUT2D eigenvalue weighted by Crippen LogP contribution is -2.29. The molecule has 102 valence electrons. The molecule has 2 rings (SSSR count). The van der Waals surface area contributed by atoms with Gasteiger partial charge in [-0.25, -0.2) is 0 Å². The van der Waals surface area contributed by atoms with Crippen LogP contribution in [0.5, 0.6) is 5.75 Å². The molecule has 0 saturated heterocycles. The van der Waals surface area contributed by atoms with Gasteiger partial charge in [0.15, 0.2) is 0 Å². The summed E-state index contributed by atoms with van der Waals surface area (Å²) in [6.45, 7) is 8.70. The Balaban J connectivity index is 2.14. The molecule has 3 unspecified atom stereocenters. The van der Waals surface area contributed by atoms with Crippen molar-refractivity contribution in [2.45, 2.75) is 53.1 Å². The van der Waals surface area contributed by atoms with Crippen molar-refractivity contribution in [3.8, 4) is 11.8 Å². The highest BCUT2D eigenvalue weighted by Gasteiger charge is 2.26. The van der Waals surface area contributed by atoms with Gasteiger partial charge in [0.2, 0.25) is 0 Å². The van der Waals surface area contributed by atoms with Crippen LogP contribution < -0.4 is 4.74 Å². The van der Waals surface area contributed by atoms with Crippen molar-refractivity contribution in [2.24, 2.45) is 11.8 Å². The number of hydrogen-bond donors (Lipinski definition) is 0. The molecular formula is C17H23NO. The standard InChI is InChI=1S/C17H23NO/c1-11-5-6-16(9-12(11)2)19-17-13(3)7-15(10-18)8-14(17)4/h7-8,11-12,16H,5-6,9H2,1-4H3. The van der Waals surface area contributed by atoms with Crippen molar-refractivity contribution in [1.29, 1.82) is 5.26 Å². The molecule has 1 aromatic rings. The zero-order valence-corrected chi connectivity index (χ0v) is 12.4. The van der Waals surface area contributed by atoms with Crippen LogP contribution in [-0.2, 0) is 0 Å². The maximum atomic E-state index is 8.97. The lowest BCUT2D eigenvalue weighted by atomic mass is 9.80. The molecule has 0 aliphatic heterocycles. The van der Waals surface area contributed by atoms with Crippen molar-refractivity contribution in [3.63, 3.8) is 0 Å². The molecule has 3 atom stereocenters. The minimum absolute atomic E-state index is 0.330. The first-order chi connectivity index (χ1) is 9.01. The fraction of sp³-hybridized carbons (Fsp3) is 0.588. The summed E-state index contributed by atoms with van der Waals surface area (Å²) in [7, 11) is 0. The van der Waals surface area contributed by atoms with Crippen LogP contribution in [0.3, 0.4) is 0 Å². The molecule has 0 radical (unpaired) electrons. The van der Waals surface area contributed by atoms with Gasteiger partial charge in [0.1, 0.15) is 5.75 Å². The first kappa shape index (κ1) is 13.9. The van der Waals surface area contributed by atoms with Gasteiger partial charge in [-0.05, 0) is 68.2 Å². The number of rotatable bonds is 2. The predicted octanol–water partition coefficient (Wildman–Crippen LogP) is 4.38. The van der Waals surface area contributed by atoms with Crippen LogP contribution in [0.4, 0.5) is 0 Å². The fourth-order valence-electron chi connectivity index (χ4n) is 2.97. The molecule has 19 heavy (non-hydrogen) atoms. The zero-order valence-electron chi connectivity index (χ0n) is 12.4. The van der Waals surface area contributed by atoms with Crippen LogP contribution >= 0.6 is 0 Å². The van der Waals surface area contributed by atoms with E-state index in [4.69, 9.17) is 10.00 Å². The monoisotopic (exact) mass is 257 g/mol. The van der Waals surface area contributed by atoms with Gasteiger partial charge in [0, 0.05) is 0 Å². The molecule has 0 bridgehead atoms. The SMILES string of the molecule is Cc1cc(C#N)cc(C)c1OC1CCC(C)C(C)C1. The Kier molecular flexibility index (Phi) is 4.14. The van der Waals surface area contributed by atoms with Crippen molar-refractivity contribution >= 4 is 0 Å². The van der Waals surface area contributed by atoms with E-state index in [1.807, 2.05) is 26.0 Å². The van der Waals surface area contributed by atoms with Crippen LogP contribution in [0, 0.1) is 37.0 Å². The summed E-state index contributed by atoms with van der Waals surface area (Å²) in [6, 6.07) is 6.02. The number of ether oxygens (including phenoxy) is 1. The van der Waals surface area contributed by atoms with Gasteiger partial charge in [-0.15, -0.1) is 0 Å². The summed E-state index contributed by atoms with van der Waals surface area (Å²) < 4.78 is 6.23. The van der Waals surface area contributed by atoms with E-state index in [-0.39, 0.29) is 0 Å². The Labute approximate surface area is 116 Å². The Hall–Kier alpha value is -1.49. The molecule has 1 saturated carbocycles. The van der Waals surface area contributed by atoms with Gasteiger partial charge in [-0.3, -0.25) is 0 Å². The van der Waals surface area contributed by atoms with E-state index >= 15 is 0 Å². The largest absolute Gasteiger partial charge is 0.490 e. The van der Waals surface area contributed by atoms with Gasteiger partial charge >= 0.3 is 0 Å². The average Bonchev–Trinajstić information content (AvgIpc) is 2.37.